The number of ether oxygens (including phenoxy) is 1. The normalized spacial score (nSPS) is 10.7. The van der Waals surface area contributed by atoms with Gasteiger partial charge >= 0.3 is 0 Å². The van der Waals surface area contributed by atoms with E-state index in [1.165, 1.54) is 6.21 Å². The Morgan fingerprint density at radius 1 is 1.00 bits per heavy atom. The maximum Gasteiger partial charge on any atom is 0.271 e. The minimum absolute atomic E-state index is 0.0933. The van der Waals surface area contributed by atoms with E-state index in [1.54, 1.807) is 48.5 Å². The van der Waals surface area contributed by atoms with Gasteiger partial charge in [-0.15, -0.1) is 0 Å². The van der Waals surface area contributed by atoms with Gasteiger partial charge in [0.1, 0.15) is 5.75 Å². The summed E-state index contributed by atoms with van der Waals surface area (Å²) in [5, 5.41) is 6.81. The SMILES string of the molecule is Cc1ccc(NC(=O)COc2ccc(/C=N/NC(=O)c3ccc(Br)cc3)cc2)c(C)c1. The molecule has 0 bridgehead atoms. The lowest BCUT2D eigenvalue weighted by Gasteiger charge is -2.10. The van der Waals surface area contributed by atoms with Gasteiger partial charge in [0, 0.05) is 15.7 Å². The number of hydrazone groups is 1. The van der Waals surface area contributed by atoms with Crippen molar-refractivity contribution in [3.05, 3.63) is 93.5 Å². The van der Waals surface area contributed by atoms with E-state index in [0.717, 1.165) is 26.9 Å². The number of nitrogens with zero attached hydrogens (tertiary/aromatic N) is 1. The molecule has 2 N–H and O–H groups in total. The van der Waals surface area contributed by atoms with Crippen molar-refractivity contribution < 1.29 is 14.3 Å². The van der Waals surface area contributed by atoms with Crippen LogP contribution in [0.3, 0.4) is 0 Å². The fourth-order valence-electron chi connectivity index (χ4n) is 2.77. The van der Waals surface area contributed by atoms with Crippen LogP contribution in [-0.2, 0) is 4.79 Å². The standard InChI is InChI=1S/C24H22BrN3O3/c1-16-3-12-22(17(2)13-16)27-23(29)15-31-21-10-4-18(5-11-21)14-26-28-24(30)19-6-8-20(25)9-7-19/h3-14H,15H2,1-2H3,(H,27,29)(H,28,30)/b26-14+. The van der Waals surface area contributed by atoms with E-state index in [9.17, 15) is 9.59 Å². The monoisotopic (exact) mass is 479 g/mol. The first-order valence-electron chi connectivity index (χ1n) is 9.59. The van der Waals surface area contributed by atoms with Crippen molar-refractivity contribution in [3.63, 3.8) is 0 Å². The summed E-state index contributed by atoms with van der Waals surface area (Å²) < 4.78 is 6.44. The smallest absolute Gasteiger partial charge is 0.271 e. The summed E-state index contributed by atoms with van der Waals surface area (Å²) in [6, 6.07) is 19.9. The molecule has 31 heavy (non-hydrogen) atoms. The number of halogens is 1. The number of nitrogens with one attached hydrogen (secondary N) is 2. The van der Waals surface area contributed by atoms with E-state index in [2.05, 4.69) is 31.8 Å². The zero-order chi connectivity index (χ0) is 22.2. The second-order valence-electron chi connectivity index (χ2n) is 6.93. The lowest BCUT2D eigenvalue weighted by molar-refractivity contribution is -0.118. The van der Waals surface area contributed by atoms with Crippen LogP contribution in [0.2, 0.25) is 0 Å². The number of amides is 2. The van der Waals surface area contributed by atoms with E-state index in [4.69, 9.17) is 4.74 Å². The summed E-state index contributed by atoms with van der Waals surface area (Å²) in [6.07, 6.45) is 1.54. The van der Waals surface area contributed by atoms with Crippen LogP contribution < -0.4 is 15.5 Å². The minimum atomic E-state index is -0.293. The van der Waals surface area contributed by atoms with Crippen LogP contribution in [0.4, 0.5) is 5.69 Å². The molecule has 0 aliphatic heterocycles. The topological polar surface area (TPSA) is 79.8 Å². The zero-order valence-electron chi connectivity index (χ0n) is 17.2. The third kappa shape index (κ3) is 6.79. The van der Waals surface area contributed by atoms with Gasteiger partial charge < -0.3 is 10.1 Å². The second kappa shape index (κ2) is 10.5. The number of hydrogen-bond acceptors (Lipinski definition) is 4. The first-order chi connectivity index (χ1) is 14.9. The zero-order valence-corrected chi connectivity index (χ0v) is 18.8. The number of anilines is 1. The summed E-state index contributed by atoms with van der Waals surface area (Å²) in [5.41, 5.74) is 6.70. The molecule has 0 unspecified atom stereocenters. The fourth-order valence-corrected chi connectivity index (χ4v) is 3.03. The van der Waals surface area contributed by atoms with Gasteiger partial charge in [-0.3, -0.25) is 9.59 Å². The Hall–Kier alpha value is -3.45. The highest BCUT2D eigenvalue weighted by Gasteiger charge is 2.06. The number of carbonyl (C=O) groups is 2. The number of aryl methyl sites for hydroxylation is 2. The third-order valence-corrected chi connectivity index (χ3v) is 4.92. The molecule has 0 spiro atoms. The van der Waals surface area contributed by atoms with Gasteiger partial charge in [-0.1, -0.05) is 33.6 Å². The highest BCUT2D eigenvalue weighted by Crippen LogP contribution is 2.16. The van der Waals surface area contributed by atoms with E-state index in [0.29, 0.717) is 11.3 Å². The van der Waals surface area contributed by atoms with Crippen LogP contribution in [-0.4, -0.2) is 24.6 Å². The molecule has 0 heterocycles. The number of benzene rings is 3. The average Bonchev–Trinajstić information content (AvgIpc) is 2.75. The first kappa shape index (κ1) is 22.2. The molecule has 158 valence electrons. The predicted molar refractivity (Wildman–Crippen MR) is 126 cm³/mol. The maximum absolute atomic E-state index is 12.1. The van der Waals surface area contributed by atoms with Crippen molar-refractivity contribution in [2.75, 3.05) is 11.9 Å². The Kier molecular flexibility index (Phi) is 7.56. The molecule has 0 aliphatic carbocycles. The molecule has 0 saturated heterocycles. The highest BCUT2D eigenvalue weighted by atomic mass is 79.9. The predicted octanol–water partition coefficient (Wildman–Crippen LogP) is 4.85. The lowest BCUT2D eigenvalue weighted by Crippen LogP contribution is -2.20. The van der Waals surface area contributed by atoms with Gasteiger partial charge in [0.15, 0.2) is 6.61 Å². The number of rotatable bonds is 7. The van der Waals surface area contributed by atoms with Gasteiger partial charge in [-0.05, 0) is 79.6 Å². The summed E-state index contributed by atoms with van der Waals surface area (Å²) in [6.45, 7) is 3.86. The van der Waals surface area contributed by atoms with Gasteiger partial charge in [0.25, 0.3) is 11.8 Å². The van der Waals surface area contributed by atoms with Crippen molar-refractivity contribution in [1.82, 2.24) is 5.43 Å². The Labute approximate surface area is 189 Å². The van der Waals surface area contributed by atoms with Gasteiger partial charge in [-0.2, -0.15) is 5.10 Å². The molecule has 2 amide bonds. The Morgan fingerprint density at radius 3 is 2.39 bits per heavy atom. The quantitative estimate of drug-likeness (QED) is 0.375. The fraction of sp³-hybridized carbons (Fsp3) is 0.125. The molecule has 3 aromatic carbocycles. The van der Waals surface area contributed by atoms with Crippen molar-refractivity contribution >= 4 is 39.6 Å². The molecule has 6 nitrogen and oxygen atoms in total. The summed E-state index contributed by atoms with van der Waals surface area (Å²) in [7, 11) is 0. The van der Waals surface area contributed by atoms with Crippen LogP contribution in [0.15, 0.2) is 76.3 Å². The highest BCUT2D eigenvalue weighted by molar-refractivity contribution is 9.10. The molecule has 0 atom stereocenters. The van der Waals surface area contributed by atoms with Crippen LogP contribution >= 0.6 is 15.9 Å². The summed E-state index contributed by atoms with van der Waals surface area (Å²) in [5.74, 6) is 0.0404. The Balaban J connectivity index is 1.47. The van der Waals surface area contributed by atoms with Crippen LogP contribution in [0.1, 0.15) is 27.0 Å². The molecule has 0 aliphatic rings. The van der Waals surface area contributed by atoms with Crippen molar-refractivity contribution in [2.45, 2.75) is 13.8 Å². The molecule has 3 aromatic rings. The van der Waals surface area contributed by atoms with Crippen molar-refractivity contribution in [1.29, 1.82) is 0 Å². The Morgan fingerprint density at radius 2 is 1.71 bits per heavy atom. The minimum Gasteiger partial charge on any atom is -0.484 e. The van der Waals surface area contributed by atoms with Gasteiger partial charge in [-0.25, -0.2) is 5.43 Å². The average molecular weight is 480 g/mol. The molecular weight excluding hydrogens is 458 g/mol. The Bertz CT molecular complexity index is 1090. The molecule has 0 aromatic heterocycles. The van der Waals surface area contributed by atoms with Crippen LogP contribution in [0.5, 0.6) is 5.75 Å². The molecular formula is C24H22BrN3O3. The second-order valence-corrected chi connectivity index (χ2v) is 7.85. The van der Waals surface area contributed by atoms with E-state index in [1.807, 2.05) is 32.0 Å². The lowest BCUT2D eigenvalue weighted by atomic mass is 10.1. The third-order valence-electron chi connectivity index (χ3n) is 4.39. The molecule has 3 rings (SSSR count). The van der Waals surface area contributed by atoms with Crippen molar-refractivity contribution in [3.8, 4) is 5.75 Å². The maximum atomic E-state index is 12.1. The van der Waals surface area contributed by atoms with Gasteiger partial charge in [0.2, 0.25) is 0 Å². The summed E-state index contributed by atoms with van der Waals surface area (Å²) in [4.78, 5) is 24.2. The number of hydrogen-bond donors (Lipinski definition) is 2. The first-order valence-corrected chi connectivity index (χ1v) is 10.4. The molecule has 0 saturated carbocycles. The molecule has 0 radical (unpaired) electrons. The van der Waals surface area contributed by atoms with Crippen molar-refractivity contribution in [2.24, 2.45) is 5.10 Å². The molecule has 7 heteroatoms. The summed E-state index contributed by atoms with van der Waals surface area (Å²) >= 11 is 3.33. The van der Waals surface area contributed by atoms with E-state index >= 15 is 0 Å². The van der Waals surface area contributed by atoms with E-state index in [-0.39, 0.29) is 18.4 Å². The van der Waals surface area contributed by atoms with Gasteiger partial charge in [0.05, 0.1) is 6.21 Å². The molecule has 0 fully saturated rings. The number of carbonyl (C=O) groups excluding carboxylic acids is 2. The van der Waals surface area contributed by atoms with Crippen LogP contribution in [0, 0.1) is 13.8 Å². The van der Waals surface area contributed by atoms with Crippen LogP contribution in [0.25, 0.3) is 0 Å². The largest absolute Gasteiger partial charge is 0.484 e. The van der Waals surface area contributed by atoms with E-state index < -0.39 is 0 Å².